The lowest BCUT2D eigenvalue weighted by molar-refractivity contribution is -0.139. The van der Waals surface area contributed by atoms with E-state index >= 15 is 0 Å². The van der Waals surface area contributed by atoms with E-state index in [1.807, 2.05) is 30.3 Å². The highest BCUT2D eigenvalue weighted by atomic mass is 16.5. The Morgan fingerprint density at radius 2 is 2.17 bits per heavy atom. The topological polar surface area (TPSA) is 100 Å². The Morgan fingerprint density at radius 1 is 1.38 bits per heavy atom. The van der Waals surface area contributed by atoms with Gasteiger partial charge in [-0.1, -0.05) is 30.3 Å². The van der Waals surface area contributed by atoms with Crippen molar-refractivity contribution < 1.29 is 14.3 Å². The number of H-pyrrole nitrogens is 1. The predicted octanol–water partition coefficient (Wildman–Crippen LogP) is 0.733. The van der Waals surface area contributed by atoms with Gasteiger partial charge in [0.25, 0.3) is 0 Å². The molecule has 0 saturated carbocycles. The van der Waals surface area contributed by atoms with Crippen LogP contribution in [0.4, 0.5) is 5.95 Å². The predicted molar refractivity (Wildman–Crippen MR) is 86.0 cm³/mol. The van der Waals surface area contributed by atoms with E-state index in [0.29, 0.717) is 5.82 Å². The van der Waals surface area contributed by atoms with Crippen molar-refractivity contribution in [3.8, 4) is 0 Å². The van der Waals surface area contributed by atoms with Crippen molar-refractivity contribution in [2.24, 2.45) is 0 Å². The van der Waals surface area contributed by atoms with Crippen molar-refractivity contribution in [3.05, 3.63) is 41.7 Å². The number of anilines is 1. The fraction of sp³-hybridized carbons (Fsp3) is 0.375. The zero-order valence-electron chi connectivity index (χ0n) is 13.4. The van der Waals surface area contributed by atoms with E-state index in [1.165, 1.54) is 12.7 Å². The van der Waals surface area contributed by atoms with Crippen LogP contribution < -0.4 is 5.32 Å². The maximum atomic E-state index is 12.3. The SMILES string of the molecule is COC(=O)Cc1nc(NC(=O)[C@H]2CCN2Cc2ccccc2)n[nH]1. The van der Waals surface area contributed by atoms with Gasteiger partial charge in [-0.3, -0.25) is 24.9 Å². The first-order chi connectivity index (χ1) is 11.7. The number of ether oxygens (including phenoxy) is 1. The average molecular weight is 329 g/mol. The quantitative estimate of drug-likeness (QED) is 0.758. The molecule has 8 heteroatoms. The summed E-state index contributed by atoms with van der Waals surface area (Å²) in [5, 5.41) is 9.20. The molecule has 1 saturated heterocycles. The molecular formula is C16H19N5O3. The van der Waals surface area contributed by atoms with Crippen LogP contribution in [-0.4, -0.2) is 51.7 Å². The van der Waals surface area contributed by atoms with Crippen LogP contribution in [0.2, 0.25) is 0 Å². The van der Waals surface area contributed by atoms with Crippen LogP contribution in [0, 0.1) is 0 Å². The molecule has 126 valence electrons. The summed E-state index contributed by atoms with van der Waals surface area (Å²) in [5.74, 6) is -0.0322. The van der Waals surface area contributed by atoms with E-state index in [2.05, 4.69) is 30.1 Å². The molecular weight excluding hydrogens is 310 g/mol. The van der Waals surface area contributed by atoms with Gasteiger partial charge in [-0.25, -0.2) is 0 Å². The first-order valence-electron chi connectivity index (χ1n) is 7.72. The molecule has 1 aromatic heterocycles. The van der Waals surface area contributed by atoms with Crippen LogP contribution in [0.25, 0.3) is 0 Å². The fourth-order valence-electron chi connectivity index (χ4n) is 2.58. The molecule has 2 aromatic rings. The van der Waals surface area contributed by atoms with Gasteiger partial charge in [-0.05, 0) is 12.0 Å². The number of hydrogen-bond donors (Lipinski definition) is 2. The summed E-state index contributed by atoms with van der Waals surface area (Å²) in [5.41, 5.74) is 1.17. The van der Waals surface area contributed by atoms with Gasteiger partial charge in [0.15, 0.2) is 0 Å². The number of carbonyl (C=O) groups excluding carboxylic acids is 2. The minimum Gasteiger partial charge on any atom is -0.469 e. The van der Waals surface area contributed by atoms with Gasteiger partial charge in [0.1, 0.15) is 12.2 Å². The van der Waals surface area contributed by atoms with Crippen molar-refractivity contribution in [1.29, 1.82) is 0 Å². The van der Waals surface area contributed by atoms with Gasteiger partial charge in [0, 0.05) is 13.1 Å². The summed E-state index contributed by atoms with van der Waals surface area (Å²) in [6.45, 7) is 1.62. The Hall–Kier alpha value is -2.74. The number of methoxy groups -OCH3 is 1. The van der Waals surface area contributed by atoms with E-state index in [-0.39, 0.29) is 24.3 Å². The van der Waals surface area contributed by atoms with E-state index in [1.54, 1.807) is 0 Å². The fourth-order valence-corrected chi connectivity index (χ4v) is 2.58. The lowest BCUT2D eigenvalue weighted by Gasteiger charge is -2.39. The Labute approximate surface area is 139 Å². The van der Waals surface area contributed by atoms with Gasteiger partial charge >= 0.3 is 5.97 Å². The van der Waals surface area contributed by atoms with Crippen LogP contribution in [-0.2, 0) is 27.3 Å². The maximum Gasteiger partial charge on any atom is 0.313 e. The molecule has 0 bridgehead atoms. The van der Waals surface area contributed by atoms with Gasteiger partial charge in [-0.15, -0.1) is 5.10 Å². The number of benzene rings is 1. The molecule has 1 aromatic carbocycles. The van der Waals surface area contributed by atoms with Crippen molar-refractivity contribution in [2.45, 2.75) is 25.4 Å². The summed E-state index contributed by atoms with van der Waals surface area (Å²) in [7, 11) is 1.30. The smallest absolute Gasteiger partial charge is 0.313 e. The number of aromatic nitrogens is 3. The Bertz CT molecular complexity index is 716. The number of esters is 1. The van der Waals surface area contributed by atoms with Crippen molar-refractivity contribution in [3.63, 3.8) is 0 Å². The Balaban J connectivity index is 1.54. The van der Waals surface area contributed by atoms with Gasteiger partial charge < -0.3 is 4.74 Å². The van der Waals surface area contributed by atoms with Crippen LogP contribution in [0.1, 0.15) is 17.8 Å². The number of hydrogen-bond acceptors (Lipinski definition) is 6. The molecule has 1 aliphatic heterocycles. The standard InChI is InChI=1S/C16H19N5O3/c1-24-14(22)9-13-17-16(20-19-13)18-15(23)12-7-8-21(12)10-11-5-3-2-4-6-11/h2-6,12H,7-10H2,1H3,(H2,17,18,19,20,23)/t12-/m1/s1. The summed E-state index contributed by atoms with van der Waals surface area (Å²) >= 11 is 0. The molecule has 0 spiro atoms. The average Bonchev–Trinajstić information content (AvgIpc) is 2.99. The zero-order chi connectivity index (χ0) is 16.9. The highest BCUT2D eigenvalue weighted by Gasteiger charge is 2.34. The first kappa shape index (κ1) is 16.1. The third-order valence-electron chi connectivity index (χ3n) is 3.97. The lowest BCUT2D eigenvalue weighted by Crippen LogP contribution is -2.53. The number of carbonyl (C=O) groups is 2. The zero-order valence-corrected chi connectivity index (χ0v) is 13.4. The van der Waals surface area contributed by atoms with Crippen molar-refractivity contribution in [2.75, 3.05) is 19.0 Å². The molecule has 1 fully saturated rings. The highest BCUT2D eigenvalue weighted by molar-refractivity contribution is 5.94. The summed E-state index contributed by atoms with van der Waals surface area (Å²) < 4.78 is 4.56. The van der Waals surface area contributed by atoms with Crippen molar-refractivity contribution >= 4 is 17.8 Å². The third kappa shape index (κ3) is 3.77. The van der Waals surface area contributed by atoms with E-state index < -0.39 is 5.97 Å². The molecule has 0 unspecified atom stereocenters. The molecule has 2 N–H and O–H groups in total. The van der Waals surface area contributed by atoms with Crippen LogP contribution in [0.15, 0.2) is 30.3 Å². The molecule has 0 radical (unpaired) electrons. The van der Waals surface area contributed by atoms with Gasteiger partial charge in [-0.2, -0.15) is 4.98 Å². The molecule has 3 rings (SSSR count). The third-order valence-corrected chi connectivity index (χ3v) is 3.97. The number of nitrogens with zero attached hydrogens (tertiary/aromatic N) is 3. The highest BCUT2D eigenvalue weighted by Crippen LogP contribution is 2.21. The minimum atomic E-state index is -0.419. The Kier molecular flexibility index (Phi) is 4.85. The molecule has 1 atom stereocenters. The van der Waals surface area contributed by atoms with E-state index in [9.17, 15) is 9.59 Å². The summed E-state index contributed by atoms with van der Waals surface area (Å²) in [6, 6.07) is 9.84. The van der Waals surface area contributed by atoms with Crippen LogP contribution in [0.3, 0.4) is 0 Å². The Morgan fingerprint density at radius 3 is 2.83 bits per heavy atom. The van der Waals surface area contributed by atoms with E-state index in [4.69, 9.17) is 0 Å². The summed E-state index contributed by atoms with van der Waals surface area (Å²) in [6.07, 6.45) is 0.793. The summed E-state index contributed by atoms with van der Waals surface area (Å²) in [4.78, 5) is 29.7. The largest absolute Gasteiger partial charge is 0.469 e. The second kappa shape index (κ2) is 7.22. The number of aromatic amines is 1. The number of rotatable bonds is 6. The number of likely N-dealkylation sites (tertiary alicyclic amines) is 1. The normalized spacial score (nSPS) is 17.1. The molecule has 1 aliphatic rings. The molecule has 8 nitrogen and oxygen atoms in total. The van der Waals surface area contributed by atoms with Crippen LogP contribution >= 0.6 is 0 Å². The first-order valence-corrected chi connectivity index (χ1v) is 7.72. The monoisotopic (exact) mass is 329 g/mol. The van der Waals surface area contributed by atoms with E-state index in [0.717, 1.165) is 19.5 Å². The molecule has 2 heterocycles. The molecule has 1 amide bonds. The second-order valence-corrected chi connectivity index (χ2v) is 5.61. The lowest BCUT2D eigenvalue weighted by atomic mass is 10.0. The molecule has 24 heavy (non-hydrogen) atoms. The second-order valence-electron chi connectivity index (χ2n) is 5.61. The number of amides is 1. The van der Waals surface area contributed by atoms with Crippen molar-refractivity contribution in [1.82, 2.24) is 20.1 Å². The molecule has 0 aliphatic carbocycles. The minimum absolute atomic E-state index is 0.0110. The van der Waals surface area contributed by atoms with Gasteiger partial charge in [0.2, 0.25) is 11.9 Å². The van der Waals surface area contributed by atoms with Gasteiger partial charge in [0.05, 0.1) is 13.2 Å². The van der Waals surface area contributed by atoms with Crippen LogP contribution in [0.5, 0.6) is 0 Å². The maximum absolute atomic E-state index is 12.3. The number of nitrogens with one attached hydrogen (secondary N) is 2.